The van der Waals surface area contributed by atoms with Crippen molar-refractivity contribution in [3.8, 4) is 0 Å². The lowest BCUT2D eigenvalue weighted by atomic mass is 10.1. The second-order valence-corrected chi connectivity index (χ2v) is 4.65. The minimum absolute atomic E-state index is 0.119. The van der Waals surface area contributed by atoms with Gasteiger partial charge in [0.1, 0.15) is 10.7 Å². The number of hydrogen-bond donors (Lipinski definition) is 2. The van der Waals surface area contributed by atoms with E-state index in [0.29, 0.717) is 5.56 Å². The molecule has 1 aromatic heterocycles. The molecule has 1 aromatic carbocycles. The van der Waals surface area contributed by atoms with Gasteiger partial charge in [-0.1, -0.05) is 11.6 Å². The summed E-state index contributed by atoms with van der Waals surface area (Å²) in [5.41, 5.74) is 0.114. The highest BCUT2D eigenvalue weighted by Crippen LogP contribution is 2.25. The SMILES string of the molecule is Cc1cc[nH]c(=O)c1NC(=O)c1ccc([N+](=O)[O-])c(Cl)c1. The molecular weight excluding hydrogens is 298 g/mol. The third-order valence-electron chi connectivity index (χ3n) is 2.81. The van der Waals surface area contributed by atoms with Gasteiger partial charge in [-0.2, -0.15) is 0 Å². The van der Waals surface area contributed by atoms with Crippen molar-refractivity contribution in [2.45, 2.75) is 6.92 Å². The molecule has 1 amide bonds. The summed E-state index contributed by atoms with van der Waals surface area (Å²) in [6.07, 6.45) is 1.47. The van der Waals surface area contributed by atoms with Gasteiger partial charge in [-0.05, 0) is 30.7 Å². The topological polar surface area (TPSA) is 105 Å². The molecule has 2 N–H and O–H groups in total. The molecule has 0 bridgehead atoms. The summed E-state index contributed by atoms with van der Waals surface area (Å²) in [4.78, 5) is 36.2. The van der Waals surface area contributed by atoms with Crippen molar-refractivity contribution in [3.63, 3.8) is 0 Å². The number of amides is 1. The summed E-state index contributed by atoms with van der Waals surface area (Å²) in [6, 6.07) is 5.23. The molecule has 0 fully saturated rings. The van der Waals surface area contributed by atoms with Crippen molar-refractivity contribution in [2.75, 3.05) is 5.32 Å². The van der Waals surface area contributed by atoms with E-state index >= 15 is 0 Å². The standard InChI is InChI=1S/C13H10ClN3O4/c1-7-4-5-15-13(19)11(7)16-12(18)8-2-3-10(17(20)21)9(14)6-8/h2-6H,1H3,(H,15,19)(H,16,18). The highest BCUT2D eigenvalue weighted by atomic mass is 35.5. The maximum atomic E-state index is 12.1. The number of aromatic amines is 1. The first-order valence-corrected chi connectivity index (χ1v) is 6.21. The average molecular weight is 308 g/mol. The number of nitrogens with zero attached hydrogens (tertiary/aromatic N) is 1. The van der Waals surface area contributed by atoms with Crippen molar-refractivity contribution in [1.29, 1.82) is 0 Å². The van der Waals surface area contributed by atoms with Crippen LogP contribution in [0.15, 0.2) is 35.3 Å². The molecule has 0 aliphatic carbocycles. The van der Waals surface area contributed by atoms with Crippen LogP contribution in [0.2, 0.25) is 5.02 Å². The van der Waals surface area contributed by atoms with Crippen molar-refractivity contribution in [2.24, 2.45) is 0 Å². The van der Waals surface area contributed by atoms with E-state index < -0.39 is 16.4 Å². The van der Waals surface area contributed by atoms with Gasteiger partial charge in [0, 0.05) is 17.8 Å². The summed E-state index contributed by atoms with van der Waals surface area (Å²) < 4.78 is 0. The van der Waals surface area contributed by atoms with Crippen LogP contribution < -0.4 is 10.9 Å². The number of carbonyl (C=O) groups excluding carboxylic acids is 1. The summed E-state index contributed by atoms with van der Waals surface area (Å²) in [7, 11) is 0. The van der Waals surface area contributed by atoms with Crippen LogP contribution in [0.3, 0.4) is 0 Å². The van der Waals surface area contributed by atoms with E-state index in [4.69, 9.17) is 11.6 Å². The quantitative estimate of drug-likeness (QED) is 0.671. The minimum Gasteiger partial charge on any atom is -0.327 e. The molecule has 2 rings (SSSR count). The predicted octanol–water partition coefficient (Wildman–Crippen LogP) is 2.50. The Balaban J connectivity index is 2.31. The van der Waals surface area contributed by atoms with E-state index in [1.165, 1.54) is 18.3 Å². The number of anilines is 1. The summed E-state index contributed by atoms with van der Waals surface area (Å²) >= 11 is 5.74. The molecule has 0 radical (unpaired) electrons. The Kier molecular flexibility index (Phi) is 4.04. The fourth-order valence-electron chi connectivity index (χ4n) is 1.71. The van der Waals surface area contributed by atoms with E-state index in [2.05, 4.69) is 10.3 Å². The van der Waals surface area contributed by atoms with Crippen LogP contribution in [0.5, 0.6) is 0 Å². The Morgan fingerprint density at radius 1 is 1.38 bits per heavy atom. The van der Waals surface area contributed by atoms with Gasteiger partial charge in [0.25, 0.3) is 17.2 Å². The Labute approximate surface area is 123 Å². The van der Waals surface area contributed by atoms with Crippen molar-refractivity contribution >= 4 is 28.9 Å². The zero-order chi connectivity index (χ0) is 15.6. The number of H-pyrrole nitrogens is 1. The van der Waals surface area contributed by atoms with Crippen molar-refractivity contribution < 1.29 is 9.72 Å². The maximum absolute atomic E-state index is 12.1. The number of pyridine rings is 1. The summed E-state index contributed by atoms with van der Waals surface area (Å²) in [5, 5.41) is 13.0. The Morgan fingerprint density at radius 3 is 2.67 bits per heavy atom. The van der Waals surface area contributed by atoms with Crippen LogP contribution in [0.1, 0.15) is 15.9 Å². The third kappa shape index (κ3) is 3.09. The Bertz CT molecular complexity index is 785. The van der Waals surface area contributed by atoms with Crippen LogP contribution in [-0.2, 0) is 0 Å². The molecule has 7 nitrogen and oxygen atoms in total. The molecular formula is C13H10ClN3O4. The first-order valence-electron chi connectivity index (χ1n) is 5.83. The van der Waals surface area contributed by atoms with Crippen LogP contribution in [0.4, 0.5) is 11.4 Å². The van der Waals surface area contributed by atoms with E-state index in [9.17, 15) is 19.7 Å². The number of nitrogens with one attached hydrogen (secondary N) is 2. The monoisotopic (exact) mass is 307 g/mol. The van der Waals surface area contributed by atoms with Gasteiger partial charge in [-0.3, -0.25) is 19.7 Å². The number of benzene rings is 1. The molecule has 2 aromatic rings. The number of hydrogen-bond acceptors (Lipinski definition) is 4. The smallest absolute Gasteiger partial charge is 0.287 e. The van der Waals surface area contributed by atoms with E-state index in [-0.39, 0.29) is 22.0 Å². The molecule has 0 aliphatic rings. The van der Waals surface area contributed by atoms with Gasteiger partial charge < -0.3 is 10.3 Å². The molecule has 108 valence electrons. The number of carbonyl (C=O) groups is 1. The van der Waals surface area contributed by atoms with Gasteiger partial charge in [0.2, 0.25) is 0 Å². The fraction of sp³-hybridized carbons (Fsp3) is 0.0769. The number of halogens is 1. The molecule has 0 atom stereocenters. The van der Waals surface area contributed by atoms with E-state index in [1.54, 1.807) is 13.0 Å². The van der Waals surface area contributed by atoms with Crippen LogP contribution >= 0.6 is 11.6 Å². The van der Waals surface area contributed by atoms with Crippen LogP contribution in [0, 0.1) is 17.0 Å². The number of aromatic nitrogens is 1. The zero-order valence-electron chi connectivity index (χ0n) is 10.8. The molecule has 1 heterocycles. The number of rotatable bonds is 3. The lowest BCUT2D eigenvalue weighted by Gasteiger charge is -2.07. The van der Waals surface area contributed by atoms with Crippen molar-refractivity contribution in [3.05, 3.63) is 67.1 Å². The average Bonchev–Trinajstić information content (AvgIpc) is 2.42. The van der Waals surface area contributed by atoms with Gasteiger partial charge in [-0.25, -0.2) is 0 Å². The zero-order valence-corrected chi connectivity index (χ0v) is 11.6. The highest BCUT2D eigenvalue weighted by molar-refractivity contribution is 6.33. The predicted molar refractivity (Wildman–Crippen MR) is 77.9 cm³/mol. The van der Waals surface area contributed by atoms with Crippen LogP contribution in [-0.4, -0.2) is 15.8 Å². The third-order valence-corrected chi connectivity index (χ3v) is 3.12. The fourth-order valence-corrected chi connectivity index (χ4v) is 1.96. The largest absolute Gasteiger partial charge is 0.327 e. The molecule has 0 unspecified atom stereocenters. The lowest BCUT2D eigenvalue weighted by molar-refractivity contribution is -0.384. The summed E-state index contributed by atoms with van der Waals surface area (Å²) in [5.74, 6) is -0.577. The minimum atomic E-state index is -0.643. The van der Waals surface area contributed by atoms with Gasteiger partial charge in [0.05, 0.1) is 4.92 Å². The molecule has 0 spiro atoms. The number of nitro groups is 1. The Morgan fingerprint density at radius 2 is 2.10 bits per heavy atom. The first kappa shape index (κ1) is 14.7. The normalized spacial score (nSPS) is 10.2. The molecule has 0 saturated carbocycles. The number of nitro benzene ring substituents is 1. The summed E-state index contributed by atoms with van der Waals surface area (Å²) in [6.45, 7) is 1.67. The highest BCUT2D eigenvalue weighted by Gasteiger charge is 2.16. The van der Waals surface area contributed by atoms with Gasteiger partial charge >= 0.3 is 0 Å². The first-order chi connectivity index (χ1) is 9.90. The number of aryl methyl sites for hydroxylation is 1. The molecule has 0 saturated heterocycles. The Hall–Kier alpha value is -2.67. The van der Waals surface area contributed by atoms with Gasteiger partial charge in [-0.15, -0.1) is 0 Å². The van der Waals surface area contributed by atoms with Crippen molar-refractivity contribution in [1.82, 2.24) is 4.98 Å². The van der Waals surface area contributed by atoms with Gasteiger partial charge in [0.15, 0.2) is 0 Å². The molecule has 21 heavy (non-hydrogen) atoms. The molecule has 8 heteroatoms. The maximum Gasteiger partial charge on any atom is 0.287 e. The lowest BCUT2D eigenvalue weighted by Crippen LogP contribution is -2.20. The second kappa shape index (κ2) is 5.76. The van der Waals surface area contributed by atoms with E-state index in [0.717, 1.165) is 6.07 Å². The van der Waals surface area contributed by atoms with E-state index in [1.807, 2.05) is 0 Å². The van der Waals surface area contributed by atoms with Crippen LogP contribution in [0.25, 0.3) is 0 Å². The second-order valence-electron chi connectivity index (χ2n) is 4.24. The molecule has 0 aliphatic heterocycles.